The normalized spacial score (nSPS) is 12.7. The summed E-state index contributed by atoms with van der Waals surface area (Å²) in [6, 6.07) is 9.24. The summed E-state index contributed by atoms with van der Waals surface area (Å²) in [6.07, 6.45) is -0.0145. The molecular formula is C26H23ClF2N2O4. The van der Waals surface area contributed by atoms with Gasteiger partial charge >= 0.3 is 0 Å². The Morgan fingerprint density at radius 1 is 1.09 bits per heavy atom. The van der Waals surface area contributed by atoms with Gasteiger partial charge < -0.3 is 14.6 Å². The second-order valence-corrected chi connectivity index (χ2v) is 9.36. The molecule has 0 saturated carbocycles. The molecule has 0 amide bonds. The number of halogens is 3. The van der Waals surface area contributed by atoms with Gasteiger partial charge in [-0.05, 0) is 69.2 Å². The summed E-state index contributed by atoms with van der Waals surface area (Å²) < 4.78 is 35.4. The summed E-state index contributed by atoms with van der Waals surface area (Å²) in [5.74, 6) is -2.02. The van der Waals surface area contributed by atoms with Crippen molar-refractivity contribution in [3.63, 3.8) is 0 Å². The SMILES string of the molecule is Cc1cc(Cl)cc(C)c1-n1cc(-c2nc([C@@H](O)C(C)(C)O)oc2-c2ccc(F)cc2F)ccc1=O. The molecule has 35 heavy (non-hydrogen) atoms. The predicted molar refractivity (Wildman–Crippen MR) is 129 cm³/mol. The van der Waals surface area contributed by atoms with Crippen molar-refractivity contribution in [2.75, 3.05) is 0 Å². The van der Waals surface area contributed by atoms with Gasteiger partial charge in [-0.3, -0.25) is 9.36 Å². The lowest BCUT2D eigenvalue weighted by atomic mass is 10.0. The van der Waals surface area contributed by atoms with Crippen LogP contribution < -0.4 is 5.56 Å². The molecule has 0 saturated heterocycles. The molecule has 2 aromatic heterocycles. The first-order valence-electron chi connectivity index (χ1n) is 10.7. The van der Waals surface area contributed by atoms with Crippen LogP contribution in [0.25, 0.3) is 28.3 Å². The first-order valence-corrected chi connectivity index (χ1v) is 11.1. The van der Waals surface area contributed by atoms with Gasteiger partial charge in [0.05, 0.1) is 16.9 Å². The van der Waals surface area contributed by atoms with Gasteiger partial charge in [0.2, 0.25) is 5.89 Å². The Labute approximate surface area is 205 Å². The molecule has 0 unspecified atom stereocenters. The van der Waals surface area contributed by atoms with Crippen LogP contribution in [0.1, 0.15) is 37.0 Å². The summed E-state index contributed by atoms with van der Waals surface area (Å²) >= 11 is 6.14. The number of aliphatic hydroxyl groups excluding tert-OH is 1. The second kappa shape index (κ2) is 9.03. The van der Waals surface area contributed by atoms with Gasteiger partial charge in [-0.2, -0.15) is 0 Å². The van der Waals surface area contributed by atoms with Crippen LogP contribution in [-0.2, 0) is 0 Å². The Hall–Kier alpha value is -3.33. The third-order valence-corrected chi connectivity index (χ3v) is 5.82. The summed E-state index contributed by atoms with van der Waals surface area (Å²) in [5, 5.41) is 21.3. The van der Waals surface area contributed by atoms with Crippen molar-refractivity contribution in [1.82, 2.24) is 9.55 Å². The third-order valence-electron chi connectivity index (χ3n) is 5.60. The Morgan fingerprint density at radius 2 is 1.74 bits per heavy atom. The highest BCUT2D eigenvalue weighted by Crippen LogP contribution is 2.38. The molecule has 0 bridgehead atoms. The maximum absolute atomic E-state index is 14.7. The zero-order chi connectivity index (χ0) is 25.7. The lowest BCUT2D eigenvalue weighted by Crippen LogP contribution is -2.28. The second-order valence-electron chi connectivity index (χ2n) is 8.92. The highest BCUT2D eigenvalue weighted by Gasteiger charge is 2.33. The lowest BCUT2D eigenvalue weighted by Gasteiger charge is -2.21. The van der Waals surface area contributed by atoms with Crippen LogP contribution in [0, 0.1) is 25.5 Å². The number of rotatable bonds is 5. The highest BCUT2D eigenvalue weighted by atomic mass is 35.5. The number of aliphatic hydroxyl groups is 2. The molecule has 2 heterocycles. The monoisotopic (exact) mass is 500 g/mol. The minimum absolute atomic E-state index is 0.0875. The number of hydrogen-bond donors (Lipinski definition) is 2. The van der Waals surface area contributed by atoms with Crippen molar-refractivity contribution in [1.29, 1.82) is 0 Å². The smallest absolute Gasteiger partial charge is 0.255 e. The standard InChI is InChI=1S/C26H23ClF2N2O4/c1-13-9-16(27)10-14(2)22(13)31-12-15(5-8-20(31)32)21-23(18-7-6-17(28)11-19(18)29)35-25(30-21)24(33)26(3,4)34/h5-12,24,33-34H,1-4H3/t24-/m1/s1. The molecular weight excluding hydrogens is 478 g/mol. The van der Waals surface area contributed by atoms with E-state index in [9.17, 15) is 23.8 Å². The number of nitrogens with zero attached hydrogens (tertiary/aromatic N) is 2. The molecule has 0 aliphatic heterocycles. The van der Waals surface area contributed by atoms with Crippen LogP contribution >= 0.6 is 11.6 Å². The van der Waals surface area contributed by atoms with E-state index in [1.165, 1.54) is 42.8 Å². The van der Waals surface area contributed by atoms with E-state index in [1.807, 2.05) is 13.8 Å². The molecule has 0 aliphatic carbocycles. The fourth-order valence-electron chi connectivity index (χ4n) is 3.89. The average molecular weight is 501 g/mol. The predicted octanol–water partition coefficient (Wildman–Crippen LogP) is 5.51. The number of oxazole rings is 1. The van der Waals surface area contributed by atoms with Crippen molar-refractivity contribution < 1.29 is 23.4 Å². The minimum Gasteiger partial charge on any atom is -0.437 e. The summed E-state index contributed by atoms with van der Waals surface area (Å²) in [6.45, 7) is 6.37. The molecule has 0 fully saturated rings. The quantitative estimate of drug-likeness (QED) is 0.377. The summed E-state index contributed by atoms with van der Waals surface area (Å²) in [4.78, 5) is 17.1. The molecule has 4 rings (SSSR count). The first-order chi connectivity index (χ1) is 16.4. The Morgan fingerprint density at radius 3 is 2.34 bits per heavy atom. The van der Waals surface area contributed by atoms with E-state index in [2.05, 4.69) is 4.98 Å². The Kier molecular flexibility index (Phi) is 6.40. The van der Waals surface area contributed by atoms with Crippen molar-refractivity contribution in [3.8, 4) is 28.3 Å². The maximum atomic E-state index is 14.7. The molecule has 0 radical (unpaired) electrons. The summed E-state index contributed by atoms with van der Waals surface area (Å²) in [5.41, 5.74) is 0.584. The van der Waals surface area contributed by atoms with Crippen LogP contribution in [-0.4, -0.2) is 25.4 Å². The molecule has 2 aromatic carbocycles. The van der Waals surface area contributed by atoms with Gasteiger partial charge in [-0.15, -0.1) is 0 Å². The van der Waals surface area contributed by atoms with Crippen LogP contribution in [0.15, 0.2) is 57.9 Å². The molecule has 0 spiro atoms. The van der Waals surface area contributed by atoms with E-state index in [1.54, 1.807) is 12.1 Å². The molecule has 1 atom stereocenters. The lowest BCUT2D eigenvalue weighted by molar-refractivity contribution is -0.0617. The van der Waals surface area contributed by atoms with Crippen LogP contribution in [0.5, 0.6) is 0 Å². The molecule has 0 aliphatic rings. The first kappa shape index (κ1) is 24.8. The fraction of sp³-hybridized carbons (Fsp3) is 0.231. The van der Waals surface area contributed by atoms with Gasteiger partial charge in [0.15, 0.2) is 11.9 Å². The van der Waals surface area contributed by atoms with Crippen molar-refractivity contribution in [2.45, 2.75) is 39.4 Å². The van der Waals surface area contributed by atoms with Crippen LogP contribution in [0.3, 0.4) is 0 Å². The van der Waals surface area contributed by atoms with Crippen LogP contribution in [0.4, 0.5) is 8.78 Å². The average Bonchev–Trinajstić information content (AvgIpc) is 3.18. The number of benzene rings is 2. The number of hydrogen-bond acceptors (Lipinski definition) is 5. The van der Waals surface area contributed by atoms with Gasteiger partial charge in [-0.1, -0.05) is 11.6 Å². The number of pyridine rings is 1. The van der Waals surface area contributed by atoms with E-state index in [4.69, 9.17) is 16.0 Å². The zero-order valence-electron chi connectivity index (χ0n) is 19.4. The molecule has 4 aromatic rings. The largest absolute Gasteiger partial charge is 0.437 e. The van der Waals surface area contributed by atoms with Crippen molar-refractivity contribution in [2.24, 2.45) is 0 Å². The van der Waals surface area contributed by atoms with Gasteiger partial charge in [0.1, 0.15) is 17.3 Å². The van der Waals surface area contributed by atoms with Gasteiger partial charge in [0, 0.05) is 28.9 Å². The molecule has 9 heteroatoms. The molecule has 182 valence electrons. The summed E-state index contributed by atoms with van der Waals surface area (Å²) in [7, 11) is 0. The minimum atomic E-state index is -1.61. The number of aryl methyl sites for hydroxylation is 2. The van der Waals surface area contributed by atoms with E-state index in [0.717, 1.165) is 17.2 Å². The molecule has 6 nitrogen and oxygen atoms in total. The van der Waals surface area contributed by atoms with Crippen LogP contribution in [0.2, 0.25) is 5.02 Å². The maximum Gasteiger partial charge on any atom is 0.255 e. The van der Waals surface area contributed by atoms with E-state index in [-0.39, 0.29) is 28.5 Å². The number of aromatic nitrogens is 2. The Bertz CT molecular complexity index is 1460. The third kappa shape index (κ3) is 4.77. The Balaban J connectivity index is 1.97. The van der Waals surface area contributed by atoms with Gasteiger partial charge in [-0.25, -0.2) is 13.8 Å². The topological polar surface area (TPSA) is 88.5 Å². The highest BCUT2D eigenvalue weighted by molar-refractivity contribution is 6.30. The fourth-order valence-corrected chi connectivity index (χ4v) is 4.22. The molecule has 2 N–H and O–H groups in total. The van der Waals surface area contributed by atoms with Crippen molar-refractivity contribution in [3.05, 3.63) is 92.7 Å². The van der Waals surface area contributed by atoms with Gasteiger partial charge in [0.25, 0.3) is 5.56 Å². The van der Waals surface area contributed by atoms with Crippen molar-refractivity contribution >= 4 is 11.6 Å². The van der Waals surface area contributed by atoms with E-state index >= 15 is 0 Å². The van der Waals surface area contributed by atoms with E-state index in [0.29, 0.717) is 22.3 Å². The van der Waals surface area contributed by atoms with E-state index < -0.39 is 23.3 Å². The zero-order valence-corrected chi connectivity index (χ0v) is 20.2.